The number of nitrogen functional groups attached to an aromatic ring is 1. The molecule has 102 valence electrons. The number of benzene rings is 2. The van der Waals surface area contributed by atoms with Crippen molar-refractivity contribution < 1.29 is 8.78 Å². The molecule has 0 unspecified atom stereocenters. The van der Waals surface area contributed by atoms with E-state index in [0.29, 0.717) is 20.3 Å². The smallest absolute Gasteiger partial charge is 0.205 e. The zero-order valence-corrected chi connectivity index (χ0v) is 12.6. The molecule has 2 aromatic carbocycles. The summed E-state index contributed by atoms with van der Waals surface area (Å²) in [5, 5.41) is 0. The molecule has 0 aliphatic rings. The lowest BCUT2D eigenvalue weighted by atomic mass is 10.2. The van der Waals surface area contributed by atoms with Crippen molar-refractivity contribution in [1.29, 1.82) is 0 Å². The molecule has 3 nitrogen and oxygen atoms in total. The number of nitrogens with two attached hydrogens (primary N) is 1. The van der Waals surface area contributed by atoms with E-state index in [2.05, 4.69) is 4.98 Å². The average Bonchev–Trinajstić information content (AvgIpc) is 2.69. The molecule has 6 heteroatoms. The van der Waals surface area contributed by atoms with Gasteiger partial charge in [0.1, 0.15) is 11.6 Å². The number of hydrogen-bond acceptors (Lipinski definition) is 2. The number of aryl methyl sites for hydroxylation is 1. The van der Waals surface area contributed by atoms with Crippen LogP contribution in [0.1, 0.15) is 5.56 Å². The van der Waals surface area contributed by atoms with Crippen molar-refractivity contribution in [3.05, 3.63) is 51.1 Å². The summed E-state index contributed by atoms with van der Waals surface area (Å²) in [5.74, 6) is -0.527. The van der Waals surface area contributed by atoms with Gasteiger partial charge in [-0.25, -0.2) is 13.8 Å². The molecular weight excluding hydrogens is 375 g/mol. The van der Waals surface area contributed by atoms with Crippen LogP contribution >= 0.6 is 22.6 Å². The lowest BCUT2D eigenvalue weighted by molar-refractivity contribution is 0.621. The summed E-state index contributed by atoms with van der Waals surface area (Å²) in [5.41, 5.74) is 8.40. The number of imidazole rings is 1. The Balaban J connectivity index is 2.38. The van der Waals surface area contributed by atoms with Crippen molar-refractivity contribution in [3.8, 4) is 5.69 Å². The summed E-state index contributed by atoms with van der Waals surface area (Å²) in [6.45, 7) is 1.84. The van der Waals surface area contributed by atoms with E-state index in [4.69, 9.17) is 5.73 Å². The first-order chi connectivity index (χ1) is 9.47. The maximum Gasteiger partial charge on any atom is 0.205 e. The molecule has 0 amide bonds. The fourth-order valence-electron chi connectivity index (χ4n) is 2.17. The standard InChI is InChI=1S/C14H10F2IN3/c1-7-2-3-8(15)4-12(7)20-13-5-9(16)10(17)6-11(13)19-14(20)18/h2-6H,1H3,(H2,18,19). The molecule has 1 heterocycles. The number of nitrogens with zero attached hydrogens (tertiary/aromatic N) is 2. The van der Waals surface area contributed by atoms with Gasteiger partial charge in [0.15, 0.2) is 0 Å². The summed E-state index contributed by atoms with van der Waals surface area (Å²) >= 11 is 1.90. The van der Waals surface area contributed by atoms with Gasteiger partial charge in [0.2, 0.25) is 5.95 Å². The maximum absolute atomic E-state index is 13.8. The largest absolute Gasteiger partial charge is 0.369 e. The second-order valence-electron chi connectivity index (χ2n) is 4.49. The summed E-state index contributed by atoms with van der Waals surface area (Å²) < 4.78 is 29.3. The van der Waals surface area contributed by atoms with Gasteiger partial charge in [0.25, 0.3) is 0 Å². The second-order valence-corrected chi connectivity index (χ2v) is 5.65. The van der Waals surface area contributed by atoms with Crippen LogP contribution in [0.4, 0.5) is 14.7 Å². The molecule has 3 rings (SSSR count). The molecule has 20 heavy (non-hydrogen) atoms. The Hall–Kier alpha value is -1.70. The van der Waals surface area contributed by atoms with Gasteiger partial charge in [0, 0.05) is 6.07 Å². The minimum atomic E-state index is -0.377. The van der Waals surface area contributed by atoms with Gasteiger partial charge in [-0.3, -0.25) is 4.57 Å². The van der Waals surface area contributed by atoms with E-state index in [1.165, 1.54) is 18.2 Å². The van der Waals surface area contributed by atoms with E-state index in [9.17, 15) is 8.78 Å². The third kappa shape index (κ3) is 2.04. The van der Waals surface area contributed by atoms with Gasteiger partial charge in [0.05, 0.1) is 20.3 Å². The number of halogens is 3. The highest BCUT2D eigenvalue weighted by Crippen LogP contribution is 2.28. The third-order valence-corrected chi connectivity index (χ3v) is 3.96. The molecule has 0 fully saturated rings. The molecule has 0 spiro atoms. The van der Waals surface area contributed by atoms with Crippen LogP contribution in [0.25, 0.3) is 16.7 Å². The van der Waals surface area contributed by atoms with Gasteiger partial charge >= 0.3 is 0 Å². The zero-order valence-electron chi connectivity index (χ0n) is 10.5. The lowest BCUT2D eigenvalue weighted by Gasteiger charge is -2.10. The normalized spacial score (nSPS) is 11.2. The van der Waals surface area contributed by atoms with Crippen molar-refractivity contribution >= 4 is 39.6 Å². The van der Waals surface area contributed by atoms with Gasteiger partial charge in [-0.2, -0.15) is 0 Å². The Kier molecular flexibility index (Phi) is 3.12. The van der Waals surface area contributed by atoms with Crippen LogP contribution in [0, 0.1) is 22.1 Å². The Labute approximate surface area is 127 Å². The van der Waals surface area contributed by atoms with E-state index in [1.807, 2.05) is 29.5 Å². The first-order valence-corrected chi connectivity index (χ1v) is 6.95. The third-order valence-electron chi connectivity index (χ3n) is 3.13. The van der Waals surface area contributed by atoms with Crippen molar-refractivity contribution in [2.75, 3.05) is 5.73 Å². The summed E-state index contributed by atoms with van der Waals surface area (Å²) in [4.78, 5) is 4.21. The number of hydrogen-bond donors (Lipinski definition) is 1. The first kappa shape index (κ1) is 13.3. The van der Waals surface area contributed by atoms with Crippen LogP contribution in [0.3, 0.4) is 0 Å². The Morgan fingerprint density at radius 1 is 1.20 bits per heavy atom. The maximum atomic E-state index is 13.8. The highest BCUT2D eigenvalue weighted by molar-refractivity contribution is 14.1. The minimum absolute atomic E-state index is 0.204. The zero-order chi connectivity index (χ0) is 14.4. The number of fused-ring (bicyclic) bond motifs is 1. The molecular formula is C14H10F2IN3. The summed E-state index contributed by atoms with van der Waals surface area (Å²) in [7, 11) is 0. The van der Waals surface area contributed by atoms with Gasteiger partial charge in [-0.05, 0) is 53.3 Å². The van der Waals surface area contributed by atoms with E-state index >= 15 is 0 Å². The fraction of sp³-hybridized carbons (Fsp3) is 0.0714. The summed E-state index contributed by atoms with van der Waals surface area (Å²) in [6.07, 6.45) is 0. The molecule has 0 radical (unpaired) electrons. The number of aromatic nitrogens is 2. The van der Waals surface area contributed by atoms with Crippen LogP contribution in [0.2, 0.25) is 0 Å². The molecule has 0 saturated heterocycles. The van der Waals surface area contributed by atoms with E-state index < -0.39 is 0 Å². The van der Waals surface area contributed by atoms with Crippen LogP contribution in [0.5, 0.6) is 0 Å². The number of rotatable bonds is 1. The lowest BCUT2D eigenvalue weighted by Crippen LogP contribution is -2.03. The topological polar surface area (TPSA) is 43.8 Å². The monoisotopic (exact) mass is 385 g/mol. The quantitative estimate of drug-likeness (QED) is 0.648. The molecule has 0 aliphatic heterocycles. The Bertz CT molecular complexity index is 827. The van der Waals surface area contributed by atoms with Crippen LogP contribution in [-0.2, 0) is 0 Å². The average molecular weight is 385 g/mol. The van der Waals surface area contributed by atoms with Gasteiger partial charge < -0.3 is 5.73 Å². The predicted octanol–water partition coefficient (Wildman–Crippen LogP) is 3.80. The van der Waals surface area contributed by atoms with Crippen molar-refractivity contribution in [2.24, 2.45) is 0 Å². The second kappa shape index (κ2) is 4.69. The molecule has 1 aromatic heterocycles. The Morgan fingerprint density at radius 3 is 2.70 bits per heavy atom. The van der Waals surface area contributed by atoms with Crippen LogP contribution < -0.4 is 5.73 Å². The molecule has 0 bridgehead atoms. The van der Waals surface area contributed by atoms with Gasteiger partial charge in [-0.1, -0.05) is 6.07 Å². The number of anilines is 1. The SMILES string of the molecule is Cc1ccc(F)cc1-n1c(N)nc2cc(I)c(F)cc21. The van der Waals surface area contributed by atoms with E-state index in [-0.39, 0.29) is 17.6 Å². The molecule has 2 N–H and O–H groups in total. The van der Waals surface area contributed by atoms with Crippen molar-refractivity contribution in [3.63, 3.8) is 0 Å². The fourth-order valence-corrected chi connectivity index (χ4v) is 2.62. The molecule has 0 atom stereocenters. The van der Waals surface area contributed by atoms with Crippen LogP contribution in [0.15, 0.2) is 30.3 Å². The predicted molar refractivity (Wildman–Crippen MR) is 82.9 cm³/mol. The highest BCUT2D eigenvalue weighted by atomic mass is 127. The molecule has 3 aromatic rings. The van der Waals surface area contributed by atoms with Crippen molar-refractivity contribution in [2.45, 2.75) is 6.92 Å². The van der Waals surface area contributed by atoms with Gasteiger partial charge in [-0.15, -0.1) is 0 Å². The summed E-state index contributed by atoms with van der Waals surface area (Å²) in [6, 6.07) is 7.37. The minimum Gasteiger partial charge on any atom is -0.369 e. The van der Waals surface area contributed by atoms with E-state index in [0.717, 1.165) is 5.56 Å². The molecule has 0 aliphatic carbocycles. The van der Waals surface area contributed by atoms with E-state index in [1.54, 1.807) is 16.7 Å². The van der Waals surface area contributed by atoms with Crippen LogP contribution in [-0.4, -0.2) is 9.55 Å². The Morgan fingerprint density at radius 2 is 1.95 bits per heavy atom. The molecule has 0 saturated carbocycles. The first-order valence-electron chi connectivity index (χ1n) is 5.87. The highest BCUT2D eigenvalue weighted by Gasteiger charge is 2.15. The van der Waals surface area contributed by atoms with Crippen molar-refractivity contribution in [1.82, 2.24) is 9.55 Å².